The van der Waals surface area contributed by atoms with Crippen LogP contribution in [-0.2, 0) is 0 Å². The number of aliphatic hydroxyl groups is 1. The van der Waals surface area contributed by atoms with Gasteiger partial charge in [0.1, 0.15) is 0 Å². The van der Waals surface area contributed by atoms with Gasteiger partial charge in [-0.15, -0.1) is 0 Å². The summed E-state index contributed by atoms with van der Waals surface area (Å²) in [5, 5.41) is 17.5. The number of nitrogens with two attached hydrogens (primary N) is 2. The van der Waals surface area contributed by atoms with Crippen LogP contribution in [0.4, 0.5) is 5.69 Å². The molecule has 0 bridgehead atoms. The number of benzene rings is 1. The molecule has 1 aromatic carbocycles. The summed E-state index contributed by atoms with van der Waals surface area (Å²) in [5.41, 5.74) is 20.4. The Balaban J connectivity index is 2.69. The molecule has 0 saturated heterocycles. The minimum absolute atomic E-state index is 0.344. The van der Waals surface area contributed by atoms with E-state index in [0.29, 0.717) is 12.2 Å². The summed E-state index contributed by atoms with van der Waals surface area (Å²) in [5.74, 6) is 0. The summed E-state index contributed by atoms with van der Waals surface area (Å²) >= 11 is 0. The molecule has 0 saturated carbocycles. The molecule has 0 amide bonds. The largest absolute Gasteiger partial charge is 0.404 e. The smallest absolute Gasteiger partial charge is 0.0707 e. The van der Waals surface area contributed by atoms with Crippen LogP contribution in [0.2, 0.25) is 0 Å². The van der Waals surface area contributed by atoms with E-state index < -0.39 is 6.10 Å². The molecular weight excluding hydrogens is 372 g/mol. The quantitative estimate of drug-likeness (QED) is 0.264. The lowest BCUT2D eigenvalue weighted by molar-refractivity contribution is 0.204. The Morgan fingerprint density at radius 2 is 2.03 bits per heavy atom. The molecule has 162 valence electrons. The van der Waals surface area contributed by atoms with Gasteiger partial charge in [0, 0.05) is 35.5 Å². The molecule has 1 aromatic rings. The first-order valence-electron chi connectivity index (χ1n) is 10.9. The van der Waals surface area contributed by atoms with Gasteiger partial charge >= 0.3 is 0 Å². The van der Waals surface area contributed by atoms with Crippen LogP contribution in [0.3, 0.4) is 0 Å². The van der Waals surface area contributed by atoms with E-state index in [1.54, 1.807) is 19.3 Å². The molecule has 5 nitrogen and oxygen atoms in total. The number of aryl methyl sites for hydroxylation is 1. The van der Waals surface area contributed by atoms with Crippen molar-refractivity contribution in [1.29, 1.82) is 5.41 Å². The van der Waals surface area contributed by atoms with Gasteiger partial charge in [-0.3, -0.25) is 4.99 Å². The first-order chi connectivity index (χ1) is 14.4. The minimum Gasteiger partial charge on any atom is -0.404 e. The Labute approximate surface area is 180 Å². The van der Waals surface area contributed by atoms with E-state index in [9.17, 15) is 5.11 Å². The van der Waals surface area contributed by atoms with Crippen molar-refractivity contribution in [2.45, 2.75) is 65.4 Å². The van der Waals surface area contributed by atoms with Crippen LogP contribution in [0.5, 0.6) is 0 Å². The summed E-state index contributed by atoms with van der Waals surface area (Å²) < 4.78 is 0. The second-order valence-electron chi connectivity index (χ2n) is 7.94. The number of aliphatic imine (C=N–C) groups is 1. The normalized spacial score (nSPS) is 16.9. The Bertz CT molecular complexity index is 875. The van der Waals surface area contributed by atoms with Gasteiger partial charge in [-0.1, -0.05) is 25.5 Å². The maximum Gasteiger partial charge on any atom is 0.0707 e. The maximum atomic E-state index is 9.55. The molecule has 1 aliphatic carbocycles. The van der Waals surface area contributed by atoms with Gasteiger partial charge < -0.3 is 22.0 Å². The van der Waals surface area contributed by atoms with Gasteiger partial charge in [0.15, 0.2) is 0 Å². The van der Waals surface area contributed by atoms with Crippen molar-refractivity contribution in [3.63, 3.8) is 0 Å². The van der Waals surface area contributed by atoms with E-state index in [0.717, 1.165) is 66.4 Å². The Kier molecular flexibility index (Phi) is 9.06. The fraction of sp³-hybridized carbons (Fsp3) is 0.440. The number of nitrogen functional groups attached to an aromatic ring is 1. The highest BCUT2D eigenvalue weighted by atomic mass is 16.3. The van der Waals surface area contributed by atoms with Crippen molar-refractivity contribution in [2.75, 3.05) is 12.3 Å². The SMILES string of the molecule is CCC/C=C(C1=C(c2c(C)ccc(N)c2C=N)CCCC1)\C(C=NCC(C)O)=C\N. The van der Waals surface area contributed by atoms with E-state index >= 15 is 0 Å². The van der Waals surface area contributed by atoms with E-state index in [1.165, 1.54) is 17.4 Å². The molecule has 0 spiro atoms. The van der Waals surface area contributed by atoms with Gasteiger partial charge in [0.2, 0.25) is 0 Å². The number of nitrogens with one attached hydrogen (secondary N) is 1. The van der Waals surface area contributed by atoms with Crippen molar-refractivity contribution < 1.29 is 5.11 Å². The van der Waals surface area contributed by atoms with E-state index in [4.69, 9.17) is 16.9 Å². The number of hydrogen-bond acceptors (Lipinski definition) is 5. The summed E-state index contributed by atoms with van der Waals surface area (Å²) in [6, 6.07) is 3.92. The molecule has 5 heteroatoms. The lowest BCUT2D eigenvalue weighted by atomic mass is 9.79. The van der Waals surface area contributed by atoms with Crippen LogP contribution >= 0.6 is 0 Å². The Hall–Kier alpha value is -2.66. The first-order valence-corrected chi connectivity index (χ1v) is 10.9. The number of nitrogens with zero attached hydrogens (tertiary/aromatic N) is 1. The van der Waals surface area contributed by atoms with Crippen molar-refractivity contribution in [1.82, 2.24) is 0 Å². The molecule has 6 N–H and O–H groups in total. The van der Waals surface area contributed by atoms with Crippen LogP contribution < -0.4 is 11.5 Å². The van der Waals surface area contributed by atoms with Crippen LogP contribution in [0, 0.1) is 12.3 Å². The highest BCUT2D eigenvalue weighted by Gasteiger charge is 2.22. The topological polar surface area (TPSA) is 108 Å². The molecule has 1 atom stereocenters. The van der Waals surface area contributed by atoms with Gasteiger partial charge in [-0.05, 0) is 79.9 Å². The zero-order valence-corrected chi connectivity index (χ0v) is 18.5. The maximum absolute atomic E-state index is 9.55. The molecule has 2 rings (SSSR count). The first kappa shape index (κ1) is 23.6. The highest BCUT2D eigenvalue weighted by molar-refractivity contribution is 5.96. The number of aliphatic hydroxyl groups excluding tert-OH is 1. The third-order valence-electron chi connectivity index (χ3n) is 5.45. The fourth-order valence-electron chi connectivity index (χ4n) is 3.99. The Morgan fingerprint density at radius 1 is 1.30 bits per heavy atom. The van der Waals surface area contributed by atoms with Gasteiger partial charge in [0.25, 0.3) is 0 Å². The predicted molar refractivity (Wildman–Crippen MR) is 129 cm³/mol. The molecule has 0 aromatic heterocycles. The second-order valence-corrected chi connectivity index (χ2v) is 7.94. The van der Waals surface area contributed by atoms with Gasteiger partial charge in [0.05, 0.1) is 12.6 Å². The average Bonchev–Trinajstić information content (AvgIpc) is 2.74. The van der Waals surface area contributed by atoms with Crippen molar-refractivity contribution >= 4 is 23.7 Å². The van der Waals surface area contributed by atoms with Crippen molar-refractivity contribution in [2.24, 2.45) is 10.7 Å². The van der Waals surface area contributed by atoms with E-state index in [1.807, 2.05) is 12.1 Å². The molecule has 0 fully saturated rings. The van der Waals surface area contributed by atoms with E-state index in [2.05, 4.69) is 24.9 Å². The third-order valence-corrected chi connectivity index (χ3v) is 5.45. The third kappa shape index (κ3) is 5.70. The number of unbranched alkanes of at least 4 members (excludes halogenated alkanes) is 1. The van der Waals surface area contributed by atoms with Crippen LogP contribution in [0.1, 0.15) is 69.1 Å². The van der Waals surface area contributed by atoms with Crippen molar-refractivity contribution in [3.05, 3.63) is 57.8 Å². The zero-order valence-electron chi connectivity index (χ0n) is 18.5. The average molecular weight is 409 g/mol. The monoisotopic (exact) mass is 408 g/mol. The minimum atomic E-state index is -0.488. The summed E-state index contributed by atoms with van der Waals surface area (Å²) in [7, 11) is 0. The molecule has 0 radical (unpaired) electrons. The standard InChI is InChI=1S/C25H36N4O/c1-4-5-8-20(19(13-26)16-29-15-18(3)30)21-9-6-7-10-22(21)25-17(2)11-12-24(28)23(25)14-27/h8,11-14,16,18,27,30H,4-7,9-10,15,26,28H2,1-3H3/b19-13+,20-8+,27-14?,29-16?. The highest BCUT2D eigenvalue weighted by Crippen LogP contribution is 2.41. The summed E-state index contributed by atoms with van der Waals surface area (Å²) in [4.78, 5) is 4.39. The van der Waals surface area contributed by atoms with Crippen LogP contribution in [-0.4, -0.2) is 30.2 Å². The Morgan fingerprint density at radius 3 is 2.67 bits per heavy atom. The summed E-state index contributed by atoms with van der Waals surface area (Å²) in [6.07, 6.45) is 12.6. The molecule has 1 unspecified atom stereocenters. The molecule has 30 heavy (non-hydrogen) atoms. The van der Waals surface area contributed by atoms with Gasteiger partial charge in [-0.2, -0.15) is 0 Å². The number of allylic oxidation sites excluding steroid dienone is 5. The lowest BCUT2D eigenvalue weighted by Gasteiger charge is -2.26. The molecular formula is C25H36N4O. The fourth-order valence-corrected chi connectivity index (χ4v) is 3.99. The van der Waals surface area contributed by atoms with Crippen LogP contribution in [0.25, 0.3) is 5.57 Å². The number of hydrogen-bond donors (Lipinski definition) is 4. The molecule has 1 aliphatic rings. The molecule has 0 heterocycles. The number of rotatable bonds is 9. The summed E-state index contributed by atoms with van der Waals surface area (Å²) in [6.45, 7) is 6.31. The predicted octanol–water partition coefficient (Wildman–Crippen LogP) is 4.92. The second kappa shape index (κ2) is 11.5. The lowest BCUT2D eigenvalue weighted by Crippen LogP contribution is -2.10. The van der Waals surface area contributed by atoms with Crippen molar-refractivity contribution in [3.8, 4) is 0 Å². The zero-order chi connectivity index (χ0) is 22.1. The number of anilines is 1. The van der Waals surface area contributed by atoms with E-state index in [-0.39, 0.29) is 0 Å². The van der Waals surface area contributed by atoms with Crippen LogP contribution in [0.15, 0.2) is 46.1 Å². The van der Waals surface area contributed by atoms with Gasteiger partial charge in [-0.25, -0.2) is 0 Å². The molecule has 0 aliphatic heterocycles.